The normalized spacial score (nSPS) is 17.7. The van der Waals surface area contributed by atoms with Crippen LogP contribution in [0.15, 0.2) is 35.2 Å². The summed E-state index contributed by atoms with van der Waals surface area (Å²) in [6, 6.07) is 8.04. The molecule has 3 heterocycles. The van der Waals surface area contributed by atoms with Crippen LogP contribution in [-0.4, -0.2) is 50.8 Å². The summed E-state index contributed by atoms with van der Waals surface area (Å²) in [4.78, 5) is 17.2. The minimum atomic E-state index is -3.65. The molecule has 1 N–H and O–H groups in total. The summed E-state index contributed by atoms with van der Waals surface area (Å²) in [6.45, 7) is 6.38. The maximum atomic E-state index is 13.1. The number of hydrogen-bond acceptors (Lipinski definition) is 6. The van der Waals surface area contributed by atoms with Gasteiger partial charge < -0.3 is 5.32 Å². The van der Waals surface area contributed by atoms with Gasteiger partial charge in [-0.3, -0.25) is 9.20 Å². The van der Waals surface area contributed by atoms with Crippen LogP contribution in [-0.2, 0) is 16.6 Å². The molecule has 164 valence electrons. The zero-order valence-corrected chi connectivity index (χ0v) is 18.7. The SMILES string of the molecule is Cc1cc(C)n2c(CNC(=O)c3cccc(S(=O)(=O)N4CCCCC4C)c3)nnc2n1. The number of piperidine rings is 1. The molecule has 1 fully saturated rings. The van der Waals surface area contributed by atoms with Crippen LogP contribution in [0.25, 0.3) is 5.78 Å². The van der Waals surface area contributed by atoms with Gasteiger partial charge in [0, 0.05) is 29.5 Å². The number of fused-ring (bicyclic) bond motifs is 1. The highest BCUT2D eigenvalue weighted by molar-refractivity contribution is 7.89. The first-order chi connectivity index (χ1) is 14.8. The third-order valence-corrected chi connectivity index (χ3v) is 7.62. The molecule has 10 heteroatoms. The van der Waals surface area contributed by atoms with Gasteiger partial charge in [0.2, 0.25) is 10.0 Å². The van der Waals surface area contributed by atoms with Crippen molar-refractivity contribution < 1.29 is 13.2 Å². The predicted molar refractivity (Wildman–Crippen MR) is 115 cm³/mol. The number of aryl methyl sites for hydroxylation is 2. The summed E-state index contributed by atoms with van der Waals surface area (Å²) in [6.07, 6.45) is 2.73. The number of aromatic nitrogens is 4. The van der Waals surface area contributed by atoms with E-state index in [1.54, 1.807) is 16.5 Å². The Balaban J connectivity index is 1.53. The van der Waals surface area contributed by atoms with Crippen molar-refractivity contribution >= 4 is 21.7 Å². The molecule has 1 aliphatic rings. The van der Waals surface area contributed by atoms with Gasteiger partial charge >= 0.3 is 0 Å². The van der Waals surface area contributed by atoms with Crippen molar-refractivity contribution in [3.8, 4) is 0 Å². The third kappa shape index (κ3) is 4.17. The minimum Gasteiger partial charge on any atom is -0.345 e. The Labute approximate surface area is 181 Å². The number of hydrogen-bond donors (Lipinski definition) is 1. The lowest BCUT2D eigenvalue weighted by molar-refractivity contribution is 0.0949. The van der Waals surface area contributed by atoms with E-state index in [4.69, 9.17) is 0 Å². The molecule has 1 aromatic carbocycles. The Morgan fingerprint density at radius 3 is 2.77 bits per heavy atom. The number of carbonyl (C=O) groups is 1. The maximum Gasteiger partial charge on any atom is 0.255 e. The van der Waals surface area contributed by atoms with Gasteiger partial charge in [-0.25, -0.2) is 13.4 Å². The second-order valence-electron chi connectivity index (χ2n) is 7.96. The van der Waals surface area contributed by atoms with Crippen LogP contribution in [0.2, 0.25) is 0 Å². The average Bonchev–Trinajstić information content (AvgIpc) is 3.15. The lowest BCUT2D eigenvalue weighted by Crippen LogP contribution is -2.42. The molecule has 31 heavy (non-hydrogen) atoms. The van der Waals surface area contributed by atoms with E-state index in [-0.39, 0.29) is 29.0 Å². The number of benzene rings is 1. The number of nitrogens with zero attached hydrogens (tertiary/aromatic N) is 5. The first kappa shape index (κ1) is 21.4. The second kappa shape index (κ2) is 8.35. The van der Waals surface area contributed by atoms with Crippen LogP contribution < -0.4 is 5.32 Å². The van der Waals surface area contributed by atoms with Crippen LogP contribution >= 0.6 is 0 Å². The Bertz CT molecular complexity index is 1240. The van der Waals surface area contributed by atoms with Gasteiger partial charge in [0.25, 0.3) is 11.7 Å². The van der Waals surface area contributed by atoms with Crippen molar-refractivity contribution in [2.24, 2.45) is 0 Å². The summed E-state index contributed by atoms with van der Waals surface area (Å²) >= 11 is 0. The maximum absolute atomic E-state index is 13.1. The molecule has 0 radical (unpaired) electrons. The summed E-state index contributed by atoms with van der Waals surface area (Å²) in [5.41, 5.74) is 2.04. The zero-order chi connectivity index (χ0) is 22.2. The monoisotopic (exact) mass is 442 g/mol. The number of carbonyl (C=O) groups excluding carboxylic acids is 1. The molecular formula is C21H26N6O3S. The minimum absolute atomic E-state index is 0.0436. The average molecular weight is 443 g/mol. The summed E-state index contributed by atoms with van der Waals surface area (Å²) in [5.74, 6) is 0.656. The lowest BCUT2D eigenvalue weighted by Gasteiger charge is -2.32. The number of rotatable bonds is 5. The molecule has 4 rings (SSSR count). The standard InChI is InChI=1S/C21H26N6O3S/c1-14-11-16(3)27-19(24-25-21(27)23-14)13-22-20(28)17-8-6-9-18(12-17)31(29,30)26-10-5-4-7-15(26)2/h6,8-9,11-12,15H,4-5,7,10,13H2,1-3H3,(H,22,28). The van der Waals surface area contributed by atoms with Crippen LogP contribution in [0.3, 0.4) is 0 Å². The highest BCUT2D eigenvalue weighted by Crippen LogP contribution is 2.25. The molecule has 9 nitrogen and oxygen atoms in total. The van der Waals surface area contributed by atoms with Gasteiger partial charge in [-0.2, -0.15) is 4.31 Å². The molecule has 1 atom stereocenters. The predicted octanol–water partition coefficient (Wildman–Crippen LogP) is 2.23. The molecule has 0 aliphatic carbocycles. The van der Waals surface area contributed by atoms with Gasteiger partial charge in [0.15, 0.2) is 5.82 Å². The van der Waals surface area contributed by atoms with Crippen molar-refractivity contribution in [3.63, 3.8) is 0 Å². The van der Waals surface area contributed by atoms with E-state index >= 15 is 0 Å². The van der Waals surface area contributed by atoms with E-state index in [1.807, 2.05) is 26.8 Å². The summed E-state index contributed by atoms with van der Waals surface area (Å²) in [5, 5.41) is 11.0. The molecule has 0 spiro atoms. The van der Waals surface area contributed by atoms with Crippen LogP contribution in [0.5, 0.6) is 0 Å². The molecule has 1 amide bonds. The molecule has 0 bridgehead atoms. The molecule has 3 aromatic rings. The highest BCUT2D eigenvalue weighted by atomic mass is 32.2. The number of amides is 1. The van der Waals surface area contributed by atoms with Crippen molar-refractivity contribution in [1.82, 2.24) is 29.2 Å². The van der Waals surface area contributed by atoms with E-state index in [0.717, 1.165) is 30.7 Å². The van der Waals surface area contributed by atoms with Gasteiger partial charge in [-0.05, 0) is 57.9 Å². The highest BCUT2D eigenvalue weighted by Gasteiger charge is 2.31. The van der Waals surface area contributed by atoms with E-state index in [9.17, 15) is 13.2 Å². The molecule has 1 saturated heterocycles. The Morgan fingerprint density at radius 2 is 2.00 bits per heavy atom. The molecule has 0 saturated carbocycles. The Kier molecular flexibility index (Phi) is 5.76. The second-order valence-corrected chi connectivity index (χ2v) is 9.85. The van der Waals surface area contributed by atoms with Crippen molar-refractivity contribution in [1.29, 1.82) is 0 Å². The van der Waals surface area contributed by atoms with Crippen molar-refractivity contribution in [2.75, 3.05) is 6.54 Å². The molecule has 1 aliphatic heterocycles. The summed E-state index contributed by atoms with van der Waals surface area (Å²) < 4.78 is 29.5. The number of sulfonamides is 1. The van der Waals surface area contributed by atoms with Crippen molar-refractivity contribution in [2.45, 2.75) is 57.5 Å². The Hall–Kier alpha value is -2.85. The molecule has 1 unspecified atom stereocenters. The lowest BCUT2D eigenvalue weighted by atomic mass is 10.1. The third-order valence-electron chi connectivity index (χ3n) is 5.61. The number of nitrogens with one attached hydrogen (secondary N) is 1. The fourth-order valence-corrected chi connectivity index (χ4v) is 5.78. The first-order valence-electron chi connectivity index (χ1n) is 10.4. The molecular weight excluding hydrogens is 416 g/mol. The quantitative estimate of drug-likeness (QED) is 0.649. The smallest absolute Gasteiger partial charge is 0.255 e. The zero-order valence-electron chi connectivity index (χ0n) is 17.9. The van der Waals surface area contributed by atoms with E-state index in [1.165, 1.54) is 16.4 Å². The van der Waals surface area contributed by atoms with Crippen molar-refractivity contribution in [3.05, 3.63) is 53.1 Å². The van der Waals surface area contributed by atoms with Gasteiger partial charge in [0.05, 0.1) is 11.4 Å². The Morgan fingerprint density at radius 1 is 1.19 bits per heavy atom. The van der Waals surface area contributed by atoms with Crippen LogP contribution in [0.1, 0.15) is 53.8 Å². The first-order valence-corrected chi connectivity index (χ1v) is 11.8. The van der Waals surface area contributed by atoms with E-state index < -0.39 is 10.0 Å². The fraction of sp³-hybridized carbons (Fsp3) is 0.429. The fourth-order valence-electron chi connectivity index (χ4n) is 4.04. The molecule has 2 aromatic heterocycles. The van der Waals surface area contributed by atoms with Gasteiger partial charge in [-0.15, -0.1) is 10.2 Å². The van der Waals surface area contributed by atoms with E-state index in [2.05, 4.69) is 20.5 Å². The van der Waals surface area contributed by atoms with Crippen LogP contribution in [0, 0.1) is 13.8 Å². The topological polar surface area (TPSA) is 110 Å². The largest absolute Gasteiger partial charge is 0.345 e. The van der Waals surface area contributed by atoms with Crippen LogP contribution in [0.4, 0.5) is 0 Å². The van der Waals surface area contributed by atoms with Gasteiger partial charge in [-0.1, -0.05) is 12.5 Å². The summed E-state index contributed by atoms with van der Waals surface area (Å²) in [7, 11) is -3.65. The van der Waals surface area contributed by atoms with Gasteiger partial charge in [0.1, 0.15) is 0 Å². The van der Waals surface area contributed by atoms with E-state index in [0.29, 0.717) is 18.1 Å².